The summed E-state index contributed by atoms with van der Waals surface area (Å²) in [6, 6.07) is 4.82. The highest BCUT2D eigenvalue weighted by Crippen LogP contribution is 2.19. The standard InChI is InChI=1S/C12H15N3O3S2/c1-2-8-3-4-9(13)5-11(8)20(17,18)14-6-10-7-19-12(16)15-10/h3-5,7,14H,2,6,13H2,1H3,(H,15,16). The van der Waals surface area contributed by atoms with E-state index in [-0.39, 0.29) is 16.3 Å². The van der Waals surface area contributed by atoms with Crippen LogP contribution in [-0.4, -0.2) is 13.4 Å². The molecule has 108 valence electrons. The number of H-pyrrole nitrogens is 1. The summed E-state index contributed by atoms with van der Waals surface area (Å²) in [7, 11) is -3.66. The highest BCUT2D eigenvalue weighted by atomic mass is 32.2. The first-order valence-electron chi connectivity index (χ1n) is 5.97. The molecule has 0 aliphatic heterocycles. The zero-order valence-corrected chi connectivity index (χ0v) is 12.5. The van der Waals surface area contributed by atoms with Gasteiger partial charge in [-0.15, -0.1) is 0 Å². The van der Waals surface area contributed by atoms with Crippen molar-refractivity contribution < 1.29 is 8.42 Å². The lowest BCUT2D eigenvalue weighted by Crippen LogP contribution is -2.25. The molecular weight excluding hydrogens is 298 g/mol. The third-order valence-corrected chi connectivity index (χ3v) is 4.99. The Balaban J connectivity index is 2.26. The second-order valence-electron chi connectivity index (χ2n) is 4.22. The normalized spacial score (nSPS) is 11.7. The van der Waals surface area contributed by atoms with Crippen LogP contribution in [0.15, 0.2) is 33.3 Å². The van der Waals surface area contributed by atoms with Crippen LogP contribution in [0, 0.1) is 0 Å². The van der Waals surface area contributed by atoms with E-state index in [4.69, 9.17) is 5.73 Å². The molecule has 0 saturated heterocycles. The minimum Gasteiger partial charge on any atom is -0.399 e. The van der Waals surface area contributed by atoms with Gasteiger partial charge in [-0.25, -0.2) is 13.1 Å². The number of nitrogens with one attached hydrogen (secondary N) is 2. The Hall–Kier alpha value is -1.64. The topological polar surface area (TPSA) is 105 Å². The summed E-state index contributed by atoms with van der Waals surface area (Å²) in [6.07, 6.45) is 0.589. The zero-order chi connectivity index (χ0) is 14.8. The van der Waals surface area contributed by atoms with Crippen LogP contribution in [-0.2, 0) is 23.0 Å². The van der Waals surface area contributed by atoms with Crippen molar-refractivity contribution >= 4 is 27.0 Å². The highest BCUT2D eigenvalue weighted by molar-refractivity contribution is 7.89. The second kappa shape index (κ2) is 5.78. The fourth-order valence-corrected chi connectivity index (χ4v) is 3.70. The molecule has 20 heavy (non-hydrogen) atoms. The summed E-state index contributed by atoms with van der Waals surface area (Å²) < 4.78 is 27.0. The van der Waals surface area contributed by atoms with Gasteiger partial charge in [0.25, 0.3) is 0 Å². The van der Waals surface area contributed by atoms with Gasteiger partial charge in [-0.1, -0.05) is 24.3 Å². The van der Waals surface area contributed by atoms with E-state index in [0.29, 0.717) is 23.4 Å². The highest BCUT2D eigenvalue weighted by Gasteiger charge is 2.18. The lowest BCUT2D eigenvalue weighted by atomic mass is 10.1. The third kappa shape index (κ3) is 3.27. The Labute approximate surface area is 120 Å². The number of nitrogen functional groups attached to an aromatic ring is 1. The summed E-state index contributed by atoms with van der Waals surface area (Å²) in [5.74, 6) is 0. The molecule has 0 amide bonds. The van der Waals surface area contributed by atoms with E-state index in [1.165, 1.54) is 6.07 Å². The minimum absolute atomic E-state index is 0.0407. The minimum atomic E-state index is -3.66. The molecule has 0 spiro atoms. The van der Waals surface area contributed by atoms with Gasteiger partial charge in [0.15, 0.2) is 0 Å². The van der Waals surface area contributed by atoms with Gasteiger partial charge in [-0.2, -0.15) is 0 Å². The Kier molecular flexibility index (Phi) is 4.26. The smallest absolute Gasteiger partial charge is 0.304 e. The number of aryl methyl sites for hydroxylation is 1. The second-order valence-corrected chi connectivity index (χ2v) is 6.80. The fraction of sp³-hybridized carbons (Fsp3) is 0.250. The molecule has 0 bridgehead atoms. The SMILES string of the molecule is CCc1ccc(N)cc1S(=O)(=O)NCc1csc(=O)[nH]1. The first-order chi connectivity index (χ1) is 9.42. The van der Waals surface area contributed by atoms with E-state index in [0.717, 1.165) is 11.3 Å². The predicted molar refractivity (Wildman–Crippen MR) is 79.2 cm³/mol. The van der Waals surface area contributed by atoms with E-state index in [1.54, 1.807) is 17.5 Å². The Bertz CT molecular complexity index is 762. The predicted octanol–water partition coefficient (Wildman–Crippen LogP) is 1.06. The Morgan fingerprint density at radius 1 is 1.40 bits per heavy atom. The number of nitrogens with two attached hydrogens (primary N) is 1. The van der Waals surface area contributed by atoms with Gasteiger partial charge in [0.2, 0.25) is 10.0 Å². The van der Waals surface area contributed by atoms with Crippen LogP contribution in [0.2, 0.25) is 0 Å². The molecule has 4 N–H and O–H groups in total. The van der Waals surface area contributed by atoms with E-state index >= 15 is 0 Å². The van der Waals surface area contributed by atoms with E-state index in [1.807, 2.05) is 6.92 Å². The first kappa shape index (κ1) is 14.8. The summed E-state index contributed by atoms with van der Waals surface area (Å²) in [5, 5.41) is 1.59. The van der Waals surface area contributed by atoms with Crippen LogP contribution >= 0.6 is 11.3 Å². The lowest BCUT2D eigenvalue weighted by Gasteiger charge is -2.10. The van der Waals surface area contributed by atoms with Crippen molar-refractivity contribution in [3.63, 3.8) is 0 Å². The number of anilines is 1. The van der Waals surface area contributed by atoms with Gasteiger partial charge in [-0.05, 0) is 24.1 Å². The van der Waals surface area contributed by atoms with Crippen molar-refractivity contribution in [3.8, 4) is 0 Å². The van der Waals surface area contributed by atoms with Crippen LogP contribution in [0.1, 0.15) is 18.2 Å². The molecule has 0 aliphatic carbocycles. The molecule has 0 atom stereocenters. The molecule has 0 fully saturated rings. The number of aromatic amines is 1. The maximum atomic E-state index is 12.3. The zero-order valence-electron chi connectivity index (χ0n) is 10.8. The number of benzene rings is 1. The molecule has 1 aromatic heterocycles. The molecule has 0 radical (unpaired) electrons. The molecule has 8 heteroatoms. The average molecular weight is 313 g/mol. The van der Waals surface area contributed by atoms with E-state index in [2.05, 4.69) is 9.71 Å². The van der Waals surface area contributed by atoms with Crippen LogP contribution < -0.4 is 15.3 Å². The van der Waals surface area contributed by atoms with Gasteiger partial charge in [0.05, 0.1) is 11.4 Å². The molecule has 6 nitrogen and oxygen atoms in total. The van der Waals surface area contributed by atoms with Crippen LogP contribution in [0.25, 0.3) is 0 Å². The summed E-state index contributed by atoms with van der Waals surface area (Å²) >= 11 is 0.995. The molecule has 0 saturated carbocycles. The summed E-state index contributed by atoms with van der Waals surface area (Å²) in [6.45, 7) is 1.92. The van der Waals surface area contributed by atoms with Crippen LogP contribution in [0.3, 0.4) is 0 Å². The van der Waals surface area contributed by atoms with Crippen molar-refractivity contribution in [1.82, 2.24) is 9.71 Å². The average Bonchev–Trinajstić information content (AvgIpc) is 2.82. The Morgan fingerprint density at radius 2 is 2.15 bits per heavy atom. The fourth-order valence-electron chi connectivity index (χ4n) is 1.76. The quantitative estimate of drug-likeness (QED) is 0.718. The maximum Gasteiger partial charge on any atom is 0.304 e. The number of rotatable bonds is 5. The number of aromatic nitrogens is 1. The number of hydrogen-bond acceptors (Lipinski definition) is 5. The van der Waals surface area contributed by atoms with E-state index in [9.17, 15) is 13.2 Å². The molecule has 0 aliphatic rings. The lowest BCUT2D eigenvalue weighted by molar-refractivity contribution is 0.579. The third-order valence-electron chi connectivity index (χ3n) is 2.79. The molecule has 1 heterocycles. The molecule has 2 aromatic rings. The van der Waals surface area contributed by atoms with Gasteiger partial charge in [0, 0.05) is 16.8 Å². The number of sulfonamides is 1. The van der Waals surface area contributed by atoms with Crippen LogP contribution in [0.4, 0.5) is 5.69 Å². The summed E-state index contributed by atoms with van der Waals surface area (Å²) in [5.41, 5.74) is 7.28. The van der Waals surface area contributed by atoms with Crippen molar-refractivity contribution in [2.75, 3.05) is 5.73 Å². The van der Waals surface area contributed by atoms with Gasteiger partial charge in [0.1, 0.15) is 0 Å². The van der Waals surface area contributed by atoms with Gasteiger partial charge >= 0.3 is 4.87 Å². The molecule has 0 unspecified atom stereocenters. The first-order valence-corrected chi connectivity index (χ1v) is 8.33. The Morgan fingerprint density at radius 3 is 2.75 bits per heavy atom. The van der Waals surface area contributed by atoms with Crippen molar-refractivity contribution in [2.24, 2.45) is 0 Å². The van der Waals surface area contributed by atoms with Crippen LogP contribution in [0.5, 0.6) is 0 Å². The molecular formula is C12H15N3O3S2. The maximum absolute atomic E-state index is 12.3. The van der Waals surface area contributed by atoms with Crippen molar-refractivity contribution in [2.45, 2.75) is 24.8 Å². The largest absolute Gasteiger partial charge is 0.399 e. The summed E-state index contributed by atoms with van der Waals surface area (Å²) in [4.78, 5) is 13.5. The monoisotopic (exact) mass is 313 g/mol. The van der Waals surface area contributed by atoms with Gasteiger partial charge in [-0.3, -0.25) is 4.79 Å². The number of thiazole rings is 1. The van der Waals surface area contributed by atoms with E-state index < -0.39 is 10.0 Å². The van der Waals surface area contributed by atoms with Crippen molar-refractivity contribution in [1.29, 1.82) is 0 Å². The van der Waals surface area contributed by atoms with Gasteiger partial charge < -0.3 is 10.7 Å². The molecule has 2 rings (SSSR count). The number of hydrogen-bond donors (Lipinski definition) is 3. The molecule has 1 aromatic carbocycles. The van der Waals surface area contributed by atoms with Crippen molar-refractivity contribution in [3.05, 3.63) is 44.5 Å².